The number of fused-ring (bicyclic) bond motifs is 1. The summed E-state index contributed by atoms with van der Waals surface area (Å²) in [7, 11) is 0. The first kappa shape index (κ1) is 19.7. The van der Waals surface area contributed by atoms with Gasteiger partial charge in [-0.3, -0.25) is 19.7 Å². The molecule has 0 aliphatic rings. The molecule has 1 heterocycles. The predicted molar refractivity (Wildman–Crippen MR) is 113 cm³/mol. The van der Waals surface area contributed by atoms with Crippen LogP contribution >= 0.6 is 0 Å². The van der Waals surface area contributed by atoms with Gasteiger partial charge in [0.25, 0.3) is 17.2 Å². The van der Waals surface area contributed by atoms with E-state index in [9.17, 15) is 24.1 Å². The highest BCUT2D eigenvalue weighted by Crippen LogP contribution is 2.30. The number of benzene rings is 3. The van der Waals surface area contributed by atoms with Crippen LogP contribution in [0.5, 0.6) is 0 Å². The molecule has 3 N–H and O–H groups in total. The molecule has 154 valence electrons. The molecule has 0 aliphatic heterocycles. The Kier molecular flexibility index (Phi) is 5.10. The van der Waals surface area contributed by atoms with Crippen LogP contribution in [-0.4, -0.2) is 20.8 Å². The van der Waals surface area contributed by atoms with Gasteiger partial charge < -0.3 is 15.6 Å². The summed E-state index contributed by atoms with van der Waals surface area (Å²) in [6.07, 6.45) is 1.10. The zero-order valence-corrected chi connectivity index (χ0v) is 15.8. The van der Waals surface area contributed by atoms with Crippen molar-refractivity contribution in [2.24, 2.45) is 0 Å². The van der Waals surface area contributed by atoms with Gasteiger partial charge in [-0.05, 0) is 36.4 Å². The second-order valence-electron chi connectivity index (χ2n) is 6.48. The minimum atomic E-state index is -0.640. The van der Waals surface area contributed by atoms with Gasteiger partial charge in [0, 0.05) is 17.4 Å². The number of nitro groups is 1. The molecule has 31 heavy (non-hydrogen) atoms. The molecule has 0 saturated carbocycles. The third kappa shape index (κ3) is 3.94. The first-order valence-corrected chi connectivity index (χ1v) is 9.02. The lowest BCUT2D eigenvalue weighted by molar-refractivity contribution is -0.383. The SMILES string of the molecule is O=C(Nc1cccc(Nc2ccc([N+](=O)[O-])c3nc[nH]c(=O)c23)c1)c1ccccc1F. The fraction of sp³-hybridized carbons (Fsp3) is 0. The molecule has 9 nitrogen and oxygen atoms in total. The van der Waals surface area contributed by atoms with Gasteiger partial charge in [0.15, 0.2) is 5.52 Å². The molecule has 0 fully saturated rings. The number of aromatic amines is 1. The highest BCUT2D eigenvalue weighted by molar-refractivity contribution is 6.04. The number of nitrogens with one attached hydrogen (secondary N) is 3. The molecule has 0 saturated heterocycles. The zero-order valence-electron chi connectivity index (χ0n) is 15.8. The highest BCUT2D eigenvalue weighted by atomic mass is 19.1. The van der Waals surface area contributed by atoms with Crippen molar-refractivity contribution < 1.29 is 14.1 Å². The van der Waals surface area contributed by atoms with Crippen LogP contribution in [0.3, 0.4) is 0 Å². The average Bonchev–Trinajstić information content (AvgIpc) is 2.74. The van der Waals surface area contributed by atoms with Crippen LogP contribution in [0.25, 0.3) is 10.9 Å². The van der Waals surface area contributed by atoms with E-state index < -0.39 is 22.2 Å². The van der Waals surface area contributed by atoms with Gasteiger partial charge in [-0.1, -0.05) is 18.2 Å². The maximum Gasteiger partial charge on any atom is 0.295 e. The van der Waals surface area contributed by atoms with Crippen LogP contribution in [0.2, 0.25) is 0 Å². The Labute approximate surface area is 173 Å². The fourth-order valence-corrected chi connectivity index (χ4v) is 3.09. The van der Waals surface area contributed by atoms with E-state index in [0.717, 1.165) is 6.33 Å². The standard InChI is InChI=1S/C21H14FN5O4/c22-15-7-2-1-6-14(15)20(28)26-13-5-3-4-12(10-13)25-16-8-9-17(27(30)31)19-18(16)21(29)24-11-23-19/h1-11,25H,(H,26,28)(H,23,24,29). The molecule has 1 aromatic heterocycles. The van der Waals surface area contributed by atoms with Gasteiger partial charge in [0.05, 0.1) is 27.9 Å². The summed E-state index contributed by atoms with van der Waals surface area (Å²) < 4.78 is 13.8. The fourth-order valence-electron chi connectivity index (χ4n) is 3.09. The summed E-state index contributed by atoms with van der Waals surface area (Å²) in [6, 6.07) is 14.8. The molecular weight excluding hydrogens is 405 g/mol. The third-order valence-electron chi connectivity index (χ3n) is 4.49. The van der Waals surface area contributed by atoms with Crippen molar-refractivity contribution >= 4 is 39.6 Å². The number of aromatic nitrogens is 2. The smallest absolute Gasteiger partial charge is 0.295 e. The average molecular weight is 419 g/mol. The van der Waals surface area contributed by atoms with Crippen molar-refractivity contribution in [3.8, 4) is 0 Å². The number of hydrogen-bond donors (Lipinski definition) is 3. The van der Waals surface area contributed by atoms with Gasteiger partial charge in [-0.25, -0.2) is 9.37 Å². The van der Waals surface area contributed by atoms with E-state index in [1.165, 1.54) is 30.3 Å². The zero-order chi connectivity index (χ0) is 22.0. The lowest BCUT2D eigenvalue weighted by Crippen LogP contribution is -2.13. The summed E-state index contributed by atoms with van der Waals surface area (Å²) in [5.74, 6) is -1.25. The molecule has 0 atom stereocenters. The number of H-pyrrole nitrogens is 1. The Hall–Kier alpha value is -4.60. The topological polar surface area (TPSA) is 130 Å². The Bertz CT molecular complexity index is 1390. The molecular formula is C21H14FN5O4. The number of halogens is 1. The summed E-state index contributed by atoms with van der Waals surface area (Å²) in [6.45, 7) is 0. The third-order valence-corrected chi connectivity index (χ3v) is 4.49. The molecule has 3 aromatic carbocycles. The molecule has 0 spiro atoms. The molecule has 0 bridgehead atoms. The number of nitrogens with zero attached hydrogens (tertiary/aromatic N) is 2. The Morgan fingerprint density at radius 2 is 1.84 bits per heavy atom. The van der Waals surface area contributed by atoms with Gasteiger partial charge in [-0.2, -0.15) is 0 Å². The van der Waals surface area contributed by atoms with Gasteiger partial charge in [0.2, 0.25) is 0 Å². The van der Waals surface area contributed by atoms with E-state index in [4.69, 9.17) is 0 Å². The highest BCUT2D eigenvalue weighted by Gasteiger charge is 2.18. The lowest BCUT2D eigenvalue weighted by Gasteiger charge is -2.11. The van der Waals surface area contributed by atoms with Crippen LogP contribution in [0.4, 0.5) is 27.1 Å². The number of non-ortho nitro benzene ring substituents is 1. The number of nitro benzene ring substituents is 1. The maximum atomic E-state index is 13.8. The van der Waals surface area contributed by atoms with E-state index in [-0.39, 0.29) is 22.2 Å². The Morgan fingerprint density at radius 3 is 2.61 bits per heavy atom. The van der Waals surface area contributed by atoms with E-state index >= 15 is 0 Å². The lowest BCUT2D eigenvalue weighted by atomic mass is 10.1. The first-order valence-electron chi connectivity index (χ1n) is 9.02. The van der Waals surface area contributed by atoms with Crippen molar-refractivity contribution in [2.75, 3.05) is 10.6 Å². The number of carbonyl (C=O) groups is 1. The van der Waals surface area contributed by atoms with Crippen molar-refractivity contribution in [3.05, 3.63) is 98.8 Å². The molecule has 0 radical (unpaired) electrons. The van der Waals surface area contributed by atoms with Crippen LogP contribution in [0.1, 0.15) is 10.4 Å². The summed E-state index contributed by atoms with van der Waals surface area (Å²) >= 11 is 0. The largest absolute Gasteiger partial charge is 0.355 e. The number of carbonyl (C=O) groups excluding carboxylic acids is 1. The minimum absolute atomic E-state index is 0.0255. The minimum Gasteiger partial charge on any atom is -0.355 e. The predicted octanol–water partition coefficient (Wildman–Crippen LogP) is 3.97. The van der Waals surface area contributed by atoms with Crippen LogP contribution in [0, 0.1) is 15.9 Å². The summed E-state index contributed by atoms with van der Waals surface area (Å²) in [4.78, 5) is 41.6. The monoisotopic (exact) mass is 419 g/mol. The first-order chi connectivity index (χ1) is 14.9. The van der Waals surface area contributed by atoms with Crippen LogP contribution in [0.15, 0.2) is 71.8 Å². The second-order valence-corrected chi connectivity index (χ2v) is 6.48. The number of hydrogen-bond acceptors (Lipinski definition) is 6. The van der Waals surface area contributed by atoms with Gasteiger partial charge >= 0.3 is 0 Å². The quantitative estimate of drug-likeness (QED) is 0.332. The number of anilines is 3. The molecule has 1 amide bonds. The van der Waals surface area contributed by atoms with Crippen molar-refractivity contribution in [1.29, 1.82) is 0 Å². The normalized spacial score (nSPS) is 10.6. The van der Waals surface area contributed by atoms with Crippen LogP contribution in [-0.2, 0) is 0 Å². The van der Waals surface area contributed by atoms with Gasteiger partial charge in [-0.15, -0.1) is 0 Å². The van der Waals surface area contributed by atoms with Gasteiger partial charge in [0.1, 0.15) is 5.82 Å². The molecule has 4 rings (SSSR count). The van der Waals surface area contributed by atoms with Crippen molar-refractivity contribution in [1.82, 2.24) is 9.97 Å². The van der Waals surface area contributed by atoms with E-state index in [2.05, 4.69) is 20.6 Å². The van der Waals surface area contributed by atoms with Crippen molar-refractivity contribution in [3.63, 3.8) is 0 Å². The number of amides is 1. The molecule has 0 unspecified atom stereocenters. The maximum absolute atomic E-state index is 13.8. The van der Waals surface area contributed by atoms with Crippen LogP contribution < -0.4 is 16.2 Å². The van der Waals surface area contributed by atoms with E-state index in [1.807, 2.05) is 0 Å². The Morgan fingerprint density at radius 1 is 1.06 bits per heavy atom. The summed E-state index contributed by atoms with van der Waals surface area (Å²) in [5.41, 5.74) is 0.189. The molecule has 10 heteroatoms. The van der Waals surface area contributed by atoms with Crippen molar-refractivity contribution in [2.45, 2.75) is 0 Å². The van der Waals surface area contributed by atoms with E-state index in [0.29, 0.717) is 17.1 Å². The molecule has 4 aromatic rings. The Balaban J connectivity index is 1.66. The summed E-state index contributed by atoms with van der Waals surface area (Å²) in [5, 5.41) is 16.9. The number of rotatable bonds is 5. The molecule has 0 aliphatic carbocycles. The second kappa shape index (κ2) is 8.03. The van der Waals surface area contributed by atoms with E-state index in [1.54, 1.807) is 30.3 Å².